The number of hydrogen-bond donors (Lipinski definition) is 0. The largest absolute Gasteiger partial charge is 0.337 e. The quantitative estimate of drug-likeness (QED) is 0.462. The summed E-state index contributed by atoms with van der Waals surface area (Å²) in [5.74, 6) is 0.604. The number of nitro groups is 1. The van der Waals surface area contributed by atoms with Crippen molar-refractivity contribution in [2.45, 2.75) is 39.2 Å². The average molecular weight is 406 g/mol. The summed E-state index contributed by atoms with van der Waals surface area (Å²) in [6, 6.07) is 12.0. The highest BCUT2D eigenvalue weighted by Crippen LogP contribution is 2.33. The van der Waals surface area contributed by atoms with Gasteiger partial charge in [0.1, 0.15) is 6.04 Å². The fraction of sp³-hybridized carbons (Fsp3) is 0.318. The molecule has 1 amide bonds. The van der Waals surface area contributed by atoms with Crippen molar-refractivity contribution >= 4 is 11.6 Å². The Balaban J connectivity index is 1.62. The maximum Gasteiger partial charge on any atom is 0.273 e. The molecule has 1 fully saturated rings. The maximum atomic E-state index is 13.2. The topological polar surface area (TPSA) is 102 Å². The number of hydrogen-bond acceptors (Lipinski definition) is 6. The second-order valence-electron chi connectivity index (χ2n) is 7.59. The number of aromatic nitrogens is 2. The number of piperidine rings is 1. The Hall–Kier alpha value is -3.55. The molecule has 1 saturated heterocycles. The van der Waals surface area contributed by atoms with Gasteiger partial charge >= 0.3 is 0 Å². The molecule has 154 valence electrons. The molecule has 2 aromatic carbocycles. The van der Waals surface area contributed by atoms with Crippen molar-refractivity contribution in [1.82, 2.24) is 15.0 Å². The number of rotatable bonds is 4. The van der Waals surface area contributed by atoms with Crippen molar-refractivity contribution in [3.8, 4) is 11.4 Å². The minimum Gasteiger partial charge on any atom is -0.337 e. The van der Waals surface area contributed by atoms with Crippen LogP contribution >= 0.6 is 0 Å². The smallest absolute Gasteiger partial charge is 0.273 e. The zero-order valence-electron chi connectivity index (χ0n) is 16.9. The summed E-state index contributed by atoms with van der Waals surface area (Å²) in [4.78, 5) is 30.2. The lowest BCUT2D eigenvalue weighted by atomic mass is 10.00. The Morgan fingerprint density at radius 1 is 1.17 bits per heavy atom. The lowest BCUT2D eigenvalue weighted by Gasteiger charge is -2.33. The molecule has 8 nitrogen and oxygen atoms in total. The van der Waals surface area contributed by atoms with Crippen molar-refractivity contribution in [2.24, 2.45) is 0 Å². The molecule has 0 saturated carbocycles. The molecule has 0 N–H and O–H groups in total. The second kappa shape index (κ2) is 8.06. The predicted molar refractivity (Wildman–Crippen MR) is 110 cm³/mol. The SMILES string of the molecule is Cc1ccc(-c2noc(C3CCCCN3C(=O)c3ccc(C)c([N+](=O)[O-])c3)n2)cc1. The number of amides is 1. The van der Waals surface area contributed by atoms with Gasteiger partial charge in [0.25, 0.3) is 11.6 Å². The summed E-state index contributed by atoms with van der Waals surface area (Å²) < 4.78 is 5.52. The van der Waals surface area contributed by atoms with Gasteiger partial charge < -0.3 is 9.42 Å². The van der Waals surface area contributed by atoms with Gasteiger partial charge in [-0.05, 0) is 39.2 Å². The van der Waals surface area contributed by atoms with Gasteiger partial charge in [0, 0.05) is 29.3 Å². The van der Waals surface area contributed by atoms with Crippen LogP contribution in [0.15, 0.2) is 47.0 Å². The van der Waals surface area contributed by atoms with Crippen LogP contribution in [0.25, 0.3) is 11.4 Å². The third kappa shape index (κ3) is 3.80. The zero-order chi connectivity index (χ0) is 21.3. The van der Waals surface area contributed by atoms with Gasteiger partial charge in [-0.25, -0.2) is 0 Å². The molecule has 1 atom stereocenters. The number of benzene rings is 2. The molecule has 3 aromatic rings. The van der Waals surface area contributed by atoms with Crippen LogP contribution in [0.1, 0.15) is 52.7 Å². The fourth-order valence-electron chi connectivity index (χ4n) is 3.73. The van der Waals surface area contributed by atoms with Crippen LogP contribution < -0.4 is 0 Å². The minimum atomic E-state index is -0.467. The molecule has 1 aromatic heterocycles. The molecule has 0 bridgehead atoms. The molecule has 1 aliphatic heterocycles. The molecule has 1 aliphatic rings. The predicted octanol–water partition coefficient (Wildman–Crippen LogP) is 4.63. The van der Waals surface area contributed by atoms with Gasteiger partial charge in [0.15, 0.2) is 0 Å². The molecule has 1 unspecified atom stereocenters. The Morgan fingerprint density at radius 2 is 1.93 bits per heavy atom. The van der Waals surface area contributed by atoms with E-state index in [-0.39, 0.29) is 23.2 Å². The van der Waals surface area contributed by atoms with E-state index < -0.39 is 4.92 Å². The van der Waals surface area contributed by atoms with Gasteiger partial charge in [0.05, 0.1) is 4.92 Å². The van der Waals surface area contributed by atoms with Crippen LogP contribution in [0.4, 0.5) is 5.69 Å². The van der Waals surface area contributed by atoms with E-state index in [0.717, 1.165) is 24.0 Å². The number of aryl methyl sites for hydroxylation is 2. The normalized spacial score (nSPS) is 16.5. The van der Waals surface area contributed by atoms with E-state index in [1.807, 2.05) is 31.2 Å². The van der Waals surface area contributed by atoms with Gasteiger partial charge in [-0.15, -0.1) is 0 Å². The van der Waals surface area contributed by atoms with Crippen LogP contribution in [0.5, 0.6) is 0 Å². The molecule has 0 radical (unpaired) electrons. The Labute approximate surface area is 173 Å². The maximum absolute atomic E-state index is 13.2. The van der Waals surface area contributed by atoms with Crippen molar-refractivity contribution in [3.63, 3.8) is 0 Å². The van der Waals surface area contributed by atoms with Crippen LogP contribution in [0, 0.1) is 24.0 Å². The summed E-state index contributed by atoms with van der Waals surface area (Å²) in [6.45, 7) is 4.20. The van der Waals surface area contributed by atoms with Crippen molar-refractivity contribution in [3.05, 3.63) is 75.2 Å². The molecule has 30 heavy (non-hydrogen) atoms. The number of likely N-dealkylation sites (tertiary alicyclic amines) is 1. The van der Waals surface area contributed by atoms with E-state index in [9.17, 15) is 14.9 Å². The molecule has 2 heterocycles. The highest BCUT2D eigenvalue weighted by atomic mass is 16.6. The first kappa shape index (κ1) is 19.8. The molecule has 4 rings (SSSR count). The van der Waals surface area contributed by atoms with Crippen LogP contribution in [-0.4, -0.2) is 32.4 Å². The van der Waals surface area contributed by atoms with E-state index >= 15 is 0 Å². The van der Waals surface area contributed by atoms with Gasteiger partial charge in [-0.3, -0.25) is 14.9 Å². The number of carbonyl (C=O) groups excluding carboxylic acids is 1. The average Bonchev–Trinajstić information content (AvgIpc) is 3.24. The lowest BCUT2D eigenvalue weighted by Crippen LogP contribution is -2.38. The summed E-state index contributed by atoms with van der Waals surface area (Å²) >= 11 is 0. The van der Waals surface area contributed by atoms with E-state index in [1.54, 1.807) is 24.0 Å². The lowest BCUT2D eigenvalue weighted by molar-refractivity contribution is -0.385. The summed E-state index contributed by atoms with van der Waals surface area (Å²) in [7, 11) is 0. The third-order valence-corrected chi connectivity index (χ3v) is 5.45. The van der Waals surface area contributed by atoms with Crippen molar-refractivity contribution < 1.29 is 14.2 Å². The number of carbonyl (C=O) groups is 1. The minimum absolute atomic E-state index is 0.0612. The summed E-state index contributed by atoms with van der Waals surface area (Å²) in [5.41, 5.74) is 2.73. The first-order valence-corrected chi connectivity index (χ1v) is 9.90. The van der Waals surface area contributed by atoms with Gasteiger partial charge in [-0.1, -0.05) is 41.1 Å². The van der Waals surface area contributed by atoms with Crippen LogP contribution in [-0.2, 0) is 0 Å². The third-order valence-electron chi connectivity index (χ3n) is 5.45. The van der Waals surface area contributed by atoms with Crippen LogP contribution in [0.3, 0.4) is 0 Å². The van der Waals surface area contributed by atoms with Crippen LogP contribution in [0.2, 0.25) is 0 Å². The van der Waals surface area contributed by atoms with E-state index in [1.165, 1.54) is 6.07 Å². The summed E-state index contributed by atoms with van der Waals surface area (Å²) in [6.07, 6.45) is 2.50. The molecular formula is C22H22N4O4. The Morgan fingerprint density at radius 3 is 2.67 bits per heavy atom. The second-order valence-corrected chi connectivity index (χ2v) is 7.59. The number of nitrogens with zero attached hydrogens (tertiary/aromatic N) is 4. The molecule has 0 spiro atoms. The standard InChI is InChI=1S/C22H22N4O4/c1-14-6-9-16(10-7-14)20-23-21(30-24-20)18-5-3-4-12-25(18)22(27)17-11-8-15(2)19(13-17)26(28)29/h6-11,13,18H,3-5,12H2,1-2H3. The molecule has 0 aliphatic carbocycles. The van der Waals surface area contributed by atoms with Crippen molar-refractivity contribution in [1.29, 1.82) is 0 Å². The molecule has 8 heteroatoms. The van der Waals surface area contributed by atoms with E-state index in [4.69, 9.17) is 4.52 Å². The summed E-state index contributed by atoms with van der Waals surface area (Å²) in [5, 5.41) is 15.4. The highest BCUT2D eigenvalue weighted by Gasteiger charge is 2.33. The molecular weight excluding hydrogens is 384 g/mol. The zero-order valence-corrected chi connectivity index (χ0v) is 16.9. The monoisotopic (exact) mass is 406 g/mol. The fourth-order valence-corrected chi connectivity index (χ4v) is 3.73. The Bertz CT molecular complexity index is 1090. The number of nitro benzene ring substituents is 1. The van der Waals surface area contributed by atoms with E-state index in [0.29, 0.717) is 30.2 Å². The van der Waals surface area contributed by atoms with Gasteiger partial charge in [-0.2, -0.15) is 4.98 Å². The Kier molecular flexibility index (Phi) is 5.31. The highest BCUT2D eigenvalue weighted by molar-refractivity contribution is 5.95. The first-order chi connectivity index (χ1) is 14.4. The first-order valence-electron chi connectivity index (χ1n) is 9.90. The van der Waals surface area contributed by atoms with Gasteiger partial charge in [0.2, 0.25) is 11.7 Å². The van der Waals surface area contributed by atoms with E-state index in [2.05, 4.69) is 10.1 Å². The van der Waals surface area contributed by atoms with Crippen molar-refractivity contribution in [2.75, 3.05) is 6.54 Å².